The summed E-state index contributed by atoms with van der Waals surface area (Å²) in [5.74, 6) is -0.237. The third-order valence-electron chi connectivity index (χ3n) is 4.65. The lowest BCUT2D eigenvalue weighted by molar-refractivity contribution is -0.122. The van der Waals surface area contributed by atoms with Crippen LogP contribution in [0.15, 0.2) is 58.0 Å². The van der Waals surface area contributed by atoms with Crippen LogP contribution in [0.4, 0.5) is 4.79 Å². The Hall–Kier alpha value is -2.02. The number of hydrogen-bond donors (Lipinski definition) is 0. The Balaban J connectivity index is 1.80. The van der Waals surface area contributed by atoms with Gasteiger partial charge >= 0.3 is 0 Å². The van der Waals surface area contributed by atoms with Gasteiger partial charge in [-0.1, -0.05) is 45.7 Å². The van der Waals surface area contributed by atoms with Crippen LogP contribution in [0.3, 0.4) is 0 Å². The number of thioether (sulfide) groups is 1. The number of aromatic nitrogens is 1. The lowest BCUT2D eigenvalue weighted by Gasteiger charge is -2.07. The van der Waals surface area contributed by atoms with Crippen LogP contribution in [0.1, 0.15) is 18.1 Å². The van der Waals surface area contributed by atoms with Crippen LogP contribution in [-0.2, 0) is 11.3 Å². The van der Waals surface area contributed by atoms with Crippen LogP contribution in [-0.4, -0.2) is 27.2 Å². The van der Waals surface area contributed by atoms with Crippen LogP contribution < -0.4 is 0 Å². The molecular weight excluding hydrogens is 460 g/mol. The molecule has 4 rings (SSSR count). The van der Waals surface area contributed by atoms with Gasteiger partial charge in [0.15, 0.2) is 0 Å². The highest BCUT2D eigenvalue weighted by Crippen LogP contribution is 2.35. The molecule has 0 radical (unpaired) electrons. The lowest BCUT2D eigenvalue weighted by Crippen LogP contribution is -2.27. The molecule has 0 N–H and O–H groups in total. The molecule has 1 aliphatic rings. The van der Waals surface area contributed by atoms with Crippen molar-refractivity contribution < 1.29 is 9.59 Å². The Labute approximate surface area is 180 Å². The molecule has 2 amide bonds. The Bertz CT molecular complexity index is 1140. The summed E-state index contributed by atoms with van der Waals surface area (Å²) in [7, 11) is 0. The first-order valence-electron chi connectivity index (χ1n) is 8.75. The average Bonchev–Trinajstić information content (AvgIpc) is 3.13. The van der Waals surface area contributed by atoms with E-state index in [2.05, 4.69) is 20.5 Å². The summed E-state index contributed by atoms with van der Waals surface area (Å²) in [6.45, 7) is 2.79. The highest BCUT2D eigenvalue weighted by molar-refractivity contribution is 9.10. The van der Waals surface area contributed by atoms with E-state index in [0.29, 0.717) is 23.0 Å². The SMILES string of the molecule is CCN1C(=O)S/C(=C\c2cn(Cc3ccccc3Cl)c3ccc(Br)cc23)C1=O. The summed E-state index contributed by atoms with van der Waals surface area (Å²) in [5.41, 5.74) is 2.94. The second-order valence-corrected chi connectivity index (χ2v) is 8.71. The number of fused-ring (bicyclic) bond motifs is 1. The second kappa shape index (κ2) is 7.78. The van der Waals surface area contributed by atoms with Crippen LogP contribution >= 0.6 is 39.3 Å². The summed E-state index contributed by atoms with van der Waals surface area (Å²) >= 11 is 10.8. The van der Waals surface area contributed by atoms with Gasteiger partial charge in [0.1, 0.15) is 0 Å². The normalized spacial score (nSPS) is 16.0. The first kappa shape index (κ1) is 19.3. The maximum absolute atomic E-state index is 12.5. The minimum Gasteiger partial charge on any atom is -0.342 e. The Morgan fingerprint density at radius 1 is 1.18 bits per heavy atom. The highest BCUT2D eigenvalue weighted by atomic mass is 79.9. The number of amides is 2. The molecule has 0 atom stereocenters. The van der Waals surface area contributed by atoms with Crippen LogP contribution in [0.5, 0.6) is 0 Å². The van der Waals surface area contributed by atoms with E-state index >= 15 is 0 Å². The molecule has 0 aliphatic carbocycles. The summed E-state index contributed by atoms with van der Waals surface area (Å²) < 4.78 is 3.06. The number of rotatable bonds is 4. The monoisotopic (exact) mass is 474 g/mol. The van der Waals surface area contributed by atoms with Gasteiger partial charge in [0.2, 0.25) is 0 Å². The number of imide groups is 1. The van der Waals surface area contributed by atoms with Gasteiger partial charge in [0.05, 0.1) is 4.91 Å². The summed E-state index contributed by atoms with van der Waals surface area (Å²) in [5, 5.41) is 1.50. The van der Waals surface area contributed by atoms with E-state index in [1.807, 2.05) is 48.7 Å². The number of likely N-dealkylation sites (N-methyl/N-ethyl adjacent to an activating group) is 1. The van der Waals surface area contributed by atoms with Crippen molar-refractivity contribution in [3.8, 4) is 0 Å². The van der Waals surface area contributed by atoms with Crippen molar-refractivity contribution in [3.63, 3.8) is 0 Å². The van der Waals surface area contributed by atoms with Crippen LogP contribution in [0.2, 0.25) is 5.02 Å². The summed E-state index contributed by atoms with van der Waals surface area (Å²) in [6.07, 6.45) is 3.80. The summed E-state index contributed by atoms with van der Waals surface area (Å²) in [4.78, 5) is 26.2. The molecule has 2 aromatic carbocycles. The third kappa shape index (κ3) is 3.52. The number of halogens is 2. The number of carbonyl (C=O) groups is 2. The van der Waals surface area contributed by atoms with E-state index in [0.717, 1.165) is 38.3 Å². The number of hydrogen-bond acceptors (Lipinski definition) is 3. The molecule has 7 heteroatoms. The van der Waals surface area contributed by atoms with Gasteiger partial charge in [-0.3, -0.25) is 14.5 Å². The Morgan fingerprint density at radius 2 is 1.96 bits per heavy atom. The van der Waals surface area contributed by atoms with Crippen LogP contribution in [0, 0.1) is 0 Å². The molecule has 1 fully saturated rings. The first-order chi connectivity index (χ1) is 13.5. The van der Waals surface area contributed by atoms with Gasteiger partial charge in [0.25, 0.3) is 11.1 Å². The topological polar surface area (TPSA) is 42.3 Å². The molecule has 0 spiro atoms. The maximum atomic E-state index is 12.5. The zero-order valence-corrected chi connectivity index (χ0v) is 18.1. The quantitative estimate of drug-likeness (QED) is 0.424. The van der Waals surface area contributed by atoms with Gasteiger partial charge < -0.3 is 4.57 Å². The van der Waals surface area contributed by atoms with E-state index < -0.39 is 0 Å². The van der Waals surface area contributed by atoms with Crippen molar-refractivity contribution >= 4 is 67.4 Å². The fourth-order valence-electron chi connectivity index (χ4n) is 3.27. The van der Waals surface area contributed by atoms with Gasteiger partial charge in [0, 0.05) is 45.2 Å². The molecule has 1 saturated heterocycles. The number of carbonyl (C=O) groups excluding carboxylic acids is 2. The van der Waals surface area contributed by atoms with Crippen molar-refractivity contribution in [1.29, 1.82) is 0 Å². The van der Waals surface area contributed by atoms with Crippen molar-refractivity contribution in [3.05, 3.63) is 74.2 Å². The average molecular weight is 476 g/mol. The Morgan fingerprint density at radius 3 is 2.68 bits per heavy atom. The van der Waals surface area contributed by atoms with Gasteiger partial charge in [-0.15, -0.1) is 0 Å². The van der Waals surface area contributed by atoms with Gasteiger partial charge in [-0.05, 0) is 54.6 Å². The molecule has 28 heavy (non-hydrogen) atoms. The predicted octanol–water partition coefficient (Wildman–Crippen LogP) is 6.16. The molecular formula is C21H16BrClN2O2S. The van der Waals surface area contributed by atoms with Gasteiger partial charge in [-0.25, -0.2) is 0 Å². The van der Waals surface area contributed by atoms with Crippen LogP contribution in [0.25, 0.3) is 17.0 Å². The zero-order chi connectivity index (χ0) is 19.8. The van der Waals surface area contributed by atoms with E-state index in [9.17, 15) is 9.59 Å². The lowest BCUT2D eigenvalue weighted by atomic mass is 10.1. The molecule has 1 aliphatic heterocycles. The van der Waals surface area contributed by atoms with Crippen molar-refractivity contribution in [1.82, 2.24) is 9.47 Å². The molecule has 142 valence electrons. The van der Waals surface area contributed by atoms with Crippen molar-refractivity contribution in [2.24, 2.45) is 0 Å². The minimum atomic E-state index is -0.237. The standard InChI is InChI=1S/C21H16BrClN2O2S/c1-2-25-20(26)19(28-21(25)27)9-14-12-24(11-13-5-3-4-6-17(13)23)18-8-7-15(22)10-16(14)18/h3-10,12H,2,11H2,1H3/b19-9-. The van der Waals surface area contributed by atoms with E-state index in [1.165, 1.54) is 4.90 Å². The predicted molar refractivity (Wildman–Crippen MR) is 119 cm³/mol. The number of benzene rings is 2. The van der Waals surface area contributed by atoms with Gasteiger partial charge in [-0.2, -0.15) is 0 Å². The largest absolute Gasteiger partial charge is 0.342 e. The second-order valence-electron chi connectivity index (χ2n) is 6.39. The molecule has 0 bridgehead atoms. The summed E-state index contributed by atoms with van der Waals surface area (Å²) in [6, 6.07) is 13.8. The molecule has 1 aromatic heterocycles. The molecule has 0 saturated carbocycles. The number of nitrogens with zero attached hydrogens (tertiary/aromatic N) is 2. The van der Waals surface area contributed by atoms with E-state index in [4.69, 9.17) is 11.6 Å². The first-order valence-corrected chi connectivity index (χ1v) is 10.7. The Kier molecular flexibility index (Phi) is 5.36. The van der Waals surface area contributed by atoms with Crippen molar-refractivity contribution in [2.75, 3.05) is 6.54 Å². The zero-order valence-electron chi connectivity index (χ0n) is 15.0. The maximum Gasteiger partial charge on any atom is 0.293 e. The minimum absolute atomic E-state index is 0.222. The van der Waals surface area contributed by atoms with Crippen molar-refractivity contribution in [2.45, 2.75) is 13.5 Å². The molecule has 0 unspecified atom stereocenters. The van der Waals surface area contributed by atoms with E-state index in [-0.39, 0.29) is 11.1 Å². The fourth-order valence-corrected chi connectivity index (χ4v) is 4.72. The molecule has 2 heterocycles. The van der Waals surface area contributed by atoms with E-state index in [1.54, 1.807) is 13.0 Å². The fraction of sp³-hybridized carbons (Fsp3) is 0.143. The molecule has 3 aromatic rings. The third-order valence-corrected chi connectivity index (χ3v) is 6.42. The molecule has 4 nitrogen and oxygen atoms in total. The smallest absolute Gasteiger partial charge is 0.293 e. The highest BCUT2D eigenvalue weighted by Gasteiger charge is 2.33.